The number of hydrogen-bond donors (Lipinski definition) is 2. The number of anilines is 1. The first-order valence-electron chi connectivity index (χ1n) is 11.5. The standard InChI is InChI=1S/C26H29N5O2/c1-16-6-4-8-22(18(16)3)31-23-9-5-7-21(20(23)15-28-31)29-25(32)19-11-10-17(2)24(14-19)30-13-12-27-26(30)33/h4,6,8,10-11,14-15,21H,5,7,9,12-13H2,1-3H3,(H,27,33)(H,29,32). The quantitative estimate of drug-likeness (QED) is 0.636. The second-order valence-electron chi connectivity index (χ2n) is 8.98. The number of hydrogen-bond acceptors (Lipinski definition) is 3. The molecule has 170 valence electrons. The number of aryl methyl sites for hydroxylation is 2. The lowest BCUT2D eigenvalue weighted by Crippen LogP contribution is -2.32. The number of aromatic nitrogens is 2. The Morgan fingerprint density at radius 1 is 1.12 bits per heavy atom. The summed E-state index contributed by atoms with van der Waals surface area (Å²) in [6.45, 7) is 7.41. The molecule has 1 aromatic heterocycles. The van der Waals surface area contributed by atoms with Gasteiger partial charge in [0.05, 0.1) is 17.9 Å². The van der Waals surface area contributed by atoms with Gasteiger partial charge in [-0.2, -0.15) is 5.10 Å². The summed E-state index contributed by atoms with van der Waals surface area (Å²) in [7, 11) is 0. The molecule has 7 heteroatoms. The van der Waals surface area contributed by atoms with E-state index in [0.29, 0.717) is 18.7 Å². The second kappa shape index (κ2) is 8.39. The molecule has 0 spiro atoms. The predicted octanol–water partition coefficient (Wildman–Crippen LogP) is 4.13. The molecular weight excluding hydrogens is 414 g/mol. The van der Waals surface area contributed by atoms with Crippen LogP contribution in [0.25, 0.3) is 5.69 Å². The van der Waals surface area contributed by atoms with Crippen LogP contribution in [0, 0.1) is 20.8 Å². The Morgan fingerprint density at radius 2 is 1.97 bits per heavy atom. The summed E-state index contributed by atoms with van der Waals surface area (Å²) in [5, 5.41) is 10.7. The number of nitrogens with zero attached hydrogens (tertiary/aromatic N) is 3. The zero-order chi connectivity index (χ0) is 23.1. The molecule has 1 fully saturated rings. The van der Waals surface area contributed by atoms with Crippen LogP contribution in [0.2, 0.25) is 0 Å². The number of benzene rings is 2. The molecular formula is C26H29N5O2. The van der Waals surface area contributed by atoms with E-state index < -0.39 is 0 Å². The molecule has 7 nitrogen and oxygen atoms in total. The van der Waals surface area contributed by atoms with E-state index in [2.05, 4.69) is 42.7 Å². The van der Waals surface area contributed by atoms with Crippen molar-refractivity contribution in [3.8, 4) is 5.69 Å². The molecule has 3 aromatic rings. The Bertz CT molecular complexity index is 1250. The van der Waals surface area contributed by atoms with Crippen molar-refractivity contribution < 1.29 is 9.59 Å². The zero-order valence-electron chi connectivity index (χ0n) is 19.3. The van der Waals surface area contributed by atoms with Gasteiger partial charge in [-0.3, -0.25) is 9.69 Å². The van der Waals surface area contributed by atoms with Crippen LogP contribution in [-0.4, -0.2) is 34.8 Å². The first kappa shape index (κ1) is 21.2. The average molecular weight is 444 g/mol. The van der Waals surface area contributed by atoms with Crippen LogP contribution in [0.1, 0.15) is 57.2 Å². The fourth-order valence-corrected chi connectivity index (χ4v) is 4.86. The first-order valence-corrected chi connectivity index (χ1v) is 11.5. The number of amides is 3. The summed E-state index contributed by atoms with van der Waals surface area (Å²) in [5.41, 5.74) is 8.11. The lowest BCUT2D eigenvalue weighted by Gasteiger charge is -2.25. The summed E-state index contributed by atoms with van der Waals surface area (Å²) in [6.07, 6.45) is 4.70. The Kier molecular flexibility index (Phi) is 5.40. The van der Waals surface area contributed by atoms with E-state index in [1.807, 2.05) is 36.0 Å². The highest BCUT2D eigenvalue weighted by atomic mass is 16.2. The van der Waals surface area contributed by atoms with Gasteiger partial charge in [0.1, 0.15) is 0 Å². The van der Waals surface area contributed by atoms with E-state index in [1.54, 1.807) is 4.90 Å². The smallest absolute Gasteiger partial charge is 0.322 e. The molecule has 1 unspecified atom stereocenters. The van der Waals surface area contributed by atoms with E-state index >= 15 is 0 Å². The Morgan fingerprint density at radius 3 is 2.76 bits per heavy atom. The number of rotatable bonds is 4. The third-order valence-corrected chi connectivity index (χ3v) is 6.91. The number of carbonyl (C=O) groups excluding carboxylic acids is 2. The molecule has 0 radical (unpaired) electrons. The van der Waals surface area contributed by atoms with Crippen LogP contribution in [0.15, 0.2) is 42.6 Å². The molecule has 2 N–H and O–H groups in total. The van der Waals surface area contributed by atoms with Crippen molar-refractivity contribution in [2.75, 3.05) is 18.0 Å². The molecule has 0 saturated carbocycles. The molecule has 33 heavy (non-hydrogen) atoms. The molecule has 1 aliphatic carbocycles. The van der Waals surface area contributed by atoms with E-state index in [1.165, 1.54) is 16.8 Å². The second-order valence-corrected chi connectivity index (χ2v) is 8.98. The number of nitrogens with one attached hydrogen (secondary N) is 2. The maximum absolute atomic E-state index is 13.2. The van der Waals surface area contributed by atoms with E-state index in [9.17, 15) is 9.59 Å². The van der Waals surface area contributed by atoms with Gasteiger partial charge in [0.15, 0.2) is 0 Å². The molecule has 1 atom stereocenters. The van der Waals surface area contributed by atoms with Crippen molar-refractivity contribution in [1.29, 1.82) is 0 Å². The lowest BCUT2D eigenvalue weighted by molar-refractivity contribution is 0.0932. The van der Waals surface area contributed by atoms with Crippen molar-refractivity contribution >= 4 is 17.6 Å². The summed E-state index contributed by atoms with van der Waals surface area (Å²) in [5.74, 6) is -0.131. The number of urea groups is 1. The molecule has 3 amide bonds. The van der Waals surface area contributed by atoms with Crippen LogP contribution in [-0.2, 0) is 6.42 Å². The molecule has 5 rings (SSSR count). The predicted molar refractivity (Wildman–Crippen MR) is 128 cm³/mol. The van der Waals surface area contributed by atoms with Gasteiger partial charge in [0.2, 0.25) is 0 Å². The fourth-order valence-electron chi connectivity index (χ4n) is 4.86. The van der Waals surface area contributed by atoms with Crippen LogP contribution < -0.4 is 15.5 Å². The van der Waals surface area contributed by atoms with Crippen LogP contribution >= 0.6 is 0 Å². The molecule has 1 saturated heterocycles. The Hall–Kier alpha value is -3.61. The van der Waals surface area contributed by atoms with Crippen LogP contribution in [0.3, 0.4) is 0 Å². The zero-order valence-corrected chi connectivity index (χ0v) is 19.3. The minimum absolute atomic E-state index is 0.0834. The van der Waals surface area contributed by atoms with Gasteiger partial charge in [-0.25, -0.2) is 9.48 Å². The summed E-state index contributed by atoms with van der Waals surface area (Å²) in [4.78, 5) is 27.0. The van der Waals surface area contributed by atoms with E-state index in [4.69, 9.17) is 5.10 Å². The Labute approximate surface area is 193 Å². The average Bonchev–Trinajstić information content (AvgIpc) is 3.43. The third kappa shape index (κ3) is 3.77. The van der Waals surface area contributed by atoms with Gasteiger partial charge in [0, 0.05) is 35.6 Å². The monoisotopic (exact) mass is 443 g/mol. The maximum Gasteiger partial charge on any atom is 0.322 e. The van der Waals surface area contributed by atoms with Gasteiger partial charge in [-0.15, -0.1) is 0 Å². The Balaban J connectivity index is 1.41. The summed E-state index contributed by atoms with van der Waals surface area (Å²) in [6, 6.07) is 11.6. The SMILES string of the molecule is Cc1ccc(C(=O)NC2CCCc3c2cnn3-c2cccc(C)c2C)cc1N1CCNC1=O. The van der Waals surface area contributed by atoms with Crippen LogP contribution in [0.4, 0.5) is 10.5 Å². The largest absolute Gasteiger partial charge is 0.345 e. The van der Waals surface area contributed by atoms with Crippen molar-refractivity contribution in [3.63, 3.8) is 0 Å². The molecule has 0 bridgehead atoms. The minimum Gasteiger partial charge on any atom is -0.345 e. The van der Waals surface area contributed by atoms with E-state index in [-0.39, 0.29) is 18.0 Å². The first-order chi connectivity index (χ1) is 15.9. The van der Waals surface area contributed by atoms with Crippen molar-refractivity contribution in [2.24, 2.45) is 0 Å². The van der Waals surface area contributed by atoms with Gasteiger partial charge >= 0.3 is 6.03 Å². The summed E-state index contributed by atoms with van der Waals surface area (Å²) < 4.78 is 2.03. The van der Waals surface area contributed by atoms with Gasteiger partial charge in [-0.05, 0) is 74.9 Å². The van der Waals surface area contributed by atoms with Gasteiger partial charge < -0.3 is 10.6 Å². The lowest BCUT2D eigenvalue weighted by atomic mass is 9.92. The number of carbonyl (C=O) groups is 2. The number of fused-ring (bicyclic) bond motifs is 1. The molecule has 2 heterocycles. The maximum atomic E-state index is 13.2. The highest BCUT2D eigenvalue weighted by molar-refractivity contribution is 5.99. The highest BCUT2D eigenvalue weighted by Crippen LogP contribution is 2.32. The van der Waals surface area contributed by atoms with Crippen LogP contribution in [0.5, 0.6) is 0 Å². The highest BCUT2D eigenvalue weighted by Gasteiger charge is 2.28. The molecule has 1 aliphatic heterocycles. The topological polar surface area (TPSA) is 79.3 Å². The van der Waals surface area contributed by atoms with Crippen molar-refractivity contribution in [3.05, 3.63) is 76.1 Å². The van der Waals surface area contributed by atoms with Gasteiger partial charge in [-0.1, -0.05) is 18.2 Å². The molecule has 2 aromatic carbocycles. The normalized spacial score (nSPS) is 17.6. The van der Waals surface area contributed by atoms with E-state index in [0.717, 1.165) is 41.8 Å². The van der Waals surface area contributed by atoms with Gasteiger partial charge in [0.25, 0.3) is 5.91 Å². The van der Waals surface area contributed by atoms with Crippen molar-refractivity contribution in [2.45, 2.75) is 46.1 Å². The summed E-state index contributed by atoms with van der Waals surface area (Å²) >= 11 is 0. The molecule has 2 aliphatic rings. The van der Waals surface area contributed by atoms with Crippen molar-refractivity contribution in [1.82, 2.24) is 20.4 Å². The third-order valence-electron chi connectivity index (χ3n) is 6.91. The fraction of sp³-hybridized carbons (Fsp3) is 0.346. The minimum atomic E-state index is -0.131.